The predicted molar refractivity (Wildman–Crippen MR) is 89.8 cm³/mol. The molecule has 0 unspecified atom stereocenters. The zero-order valence-electron chi connectivity index (χ0n) is 13.4. The van der Waals surface area contributed by atoms with Crippen LogP contribution in [0.1, 0.15) is 36.0 Å². The van der Waals surface area contributed by atoms with E-state index in [1.165, 1.54) is 6.26 Å². The van der Waals surface area contributed by atoms with E-state index in [-0.39, 0.29) is 23.2 Å². The summed E-state index contributed by atoms with van der Waals surface area (Å²) in [5.41, 5.74) is 7.78. The molecule has 2 N–H and O–H groups in total. The molecule has 0 amide bonds. The normalized spacial score (nSPS) is 23.1. The third-order valence-electron chi connectivity index (χ3n) is 4.76. The van der Waals surface area contributed by atoms with Crippen molar-refractivity contribution >= 4 is 5.78 Å². The van der Waals surface area contributed by atoms with Crippen LogP contribution in [-0.2, 0) is 9.53 Å². The molecule has 5 heteroatoms. The summed E-state index contributed by atoms with van der Waals surface area (Å²) in [4.78, 5) is 12.9. The van der Waals surface area contributed by atoms with Crippen molar-refractivity contribution in [3.63, 3.8) is 0 Å². The molecule has 0 spiro atoms. The van der Waals surface area contributed by atoms with Gasteiger partial charge in [-0.1, -0.05) is 30.3 Å². The molecule has 4 rings (SSSR count). The van der Waals surface area contributed by atoms with E-state index >= 15 is 0 Å². The lowest BCUT2D eigenvalue weighted by Crippen LogP contribution is -2.29. The van der Waals surface area contributed by atoms with Gasteiger partial charge in [0, 0.05) is 18.4 Å². The van der Waals surface area contributed by atoms with Crippen LogP contribution in [0.5, 0.6) is 0 Å². The highest BCUT2D eigenvalue weighted by Crippen LogP contribution is 2.46. The minimum atomic E-state index is -0.590. The van der Waals surface area contributed by atoms with E-state index in [1.807, 2.05) is 30.3 Å². The van der Waals surface area contributed by atoms with Crippen LogP contribution in [0.4, 0.5) is 0 Å². The van der Waals surface area contributed by atoms with Gasteiger partial charge in [-0.2, -0.15) is 5.26 Å². The minimum Gasteiger partial charge on any atom is -0.468 e. The van der Waals surface area contributed by atoms with Crippen LogP contribution in [0.2, 0.25) is 0 Å². The molecule has 2 heterocycles. The fourth-order valence-electron chi connectivity index (χ4n) is 3.61. The first-order valence-electron chi connectivity index (χ1n) is 8.11. The summed E-state index contributed by atoms with van der Waals surface area (Å²) in [6, 6.07) is 15.4. The molecule has 2 aliphatic rings. The summed E-state index contributed by atoms with van der Waals surface area (Å²) in [5, 5.41) is 9.49. The maximum absolute atomic E-state index is 12.9. The number of allylic oxidation sites excluding steroid dienone is 3. The monoisotopic (exact) mass is 332 g/mol. The first-order chi connectivity index (χ1) is 12.2. The van der Waals surface area contributed by atoms with Gasteiger partial charge in [-0.15, -0.1) is 0 Å². The van der Waals surface area contributed by atoms with Crippen molar-refractivity contribution in [2.24, 2.45) is 5.73 Å². The topological polar surface area (TPSA) is 89.3 Å². The fraction of sp³-hybridized carbons (Fsp3) is 0.200. The molecule has 1 aliphatic carbocycles. The highest BCUT2D eigenvalue weighted by Gasteiger charge is 2.41. The molecule has 2 atom stereocenters. The number of hydrogen-bond acceptors (Lipinski definition) is 5. The first-order valence-corrected chi connectivity index (χ1v) is 8.11. The Labute approximate surface area is 145 Å². The lowest BCUT2D eigenvalue weighted by Gasteiger charge is -2.33. The molecular formula is C20H16N2O3. The summed E-state index contributed by atoms with van der Waals surface area (Å²) in [5.74, 6) is 0.542. The highest BCUT2D eigenvalue weighted by molar-refractivity contribution is 6.00. The number of carbonyl (C=O) groups excluding carboxylic acids is 1. The highest BCUT2D eigenvalue weighted by atomic mass is 16.5. The lowest BCUT2D eigenvalue weighted by molar-refractivity contribution is -0.117. The molecule has 1 aliphatic heterocycles. The van der Waals surface area contributed by atoms with E-state index < -0.39 is 5.92 Å². The number of nitriles is 1. The van der Waals surface area contributed by atoms with Crippen LogP contribution in [-0.4, -0.2) is 5.78 Å². The second-order valence-corrected chi connectivity index (χ2v) is 6.22. The quantitative estimate of drug-likeness (QED) is 0.909. The van der Waals surface area contributed by atoms with Gasteiger partial charge in [-0.05, 0) is 23.6 Å². The Morgan fingerprint density at radius 1 is 1.12 bits per heavy atom. The molecule has 124 valence electrons. The molecule has 0 saturated heterocycles. The average Bonchev–Trinajstić information content (AvgIpc) is 3.15. The van der Waals surface area contributed by atoms with E-state index in [0.717, 1.165) is 5.56 Å². The number of nitrogens with zero attached hydrogens (tertiary/aromatic N) is 1. The molecule has 25 heavy (non-hydrogen) atoms. The van der Waals surface area contributed by atoms with Crippen molar-refractivity contribution in [3.8, 4) is 6.07 Å². The molecule has 2 aromatic rings. The maximum Gasteiger partial charge on any atom is 0.205 e. The predicted octanol–water partition coefficient (Wildman–Crippen LogP) is 3.49. The molecule has 0 saturated carbocycles. The molecule has 0 radical (unpaired) electrons. The van der Waals surface area contributed by atoms with E-state index in [2.05, 4.69) is 6.07 Å². The Morgan fingerprint density at radius 3 is 2.60 bits per heavy atom. The fourth-order valence-corrected chi connectivity index (χ4v) is 3.61. The van der Waals surface area contributed by atoms with Gasteiger partial charge in [0.1, 0.15) is 23.2 Å². The van der Waals surface area contributed by atoms with Gasteiger partial charge in [0.2, 0.25) is 5.88 Å². The number of ketones is 1. The Hall–Kier alpha value is -3.26. The average molecular weight is 332 g/mol. The minimum absolute atomic E-state index is 0.0308. The third kappa shape index (κ3) is 2.52. The summed E-state index contributed by atoms with van der Waals surface area (Å²) in [6.45, 7) is 0. The second kappa shape index (κ2) is 5.99. The van der Waals surface area contributed by atoms with Gasteiger partial charge >= 0.3 is 0 Å². The number of benzene rings is 1. The maximum atomic E-state index is 12.9. The number of nitrogens with two attached hydrogens (primary N) is 1. The molecular weight excluding hydrogens is 316 g/mol. The standard InChI is InChI=1S/C20H16N2O3/c21-11-14-18(16-7-4-8-24-16)19-15(23)9-13(10-17(19)25-20(14)22)12-5-2-1-3-6-12/h1-8,13,18H,9-10,22H2/t13-,18+/m0/s1. The number of rotatable bonds is 2. The van der Waals surface area contributed by atoms with Crippen molar-refractivity contribution in [2.75, 3.05) is 0 Å². The first kappa shape index (κ1) is 15.3. The van der Waals surface area contributed by atoms with Gasteiger partial charge in [0.15, 0.2) is 5.78 Å². The number of hydrogen-bond donors (Lipinski definition) is 1. The Morgan fingerprint density at radius 2 is 1.92 bits per heavy atom. The van der Waals surface area contributed by atoms with Crippen molar-refractivity contribution < 1.29 is 13.9 Å². The van der Waals surface area contributed by atoms with Gasteiger partial charge in [-0.25, -0.2) is 0 Å². The summed E-state index contributed by atoms with van der Waals surface area (Å²) in [6.07, 6.45) is 2.47. The number of furan rings is 1. The van der Waals surface area contributed by atoms with E-state index in [0.29, 0.717) is 29.9 Å². The number of ether oxygens (including phenoxy) is 1. The molecule has 1 aromatic carbocycles. The SMILES string of the molecule is N#CC1=C(N)OC2=C(C(=O)C[C@H](c3ccccc3)C2)[C@H]1c1ccco1. The van der Waals surface area contributed by atoms with Crippen molar-refractivity contribution in [2.45, 2.75) is 24.7 Å². The molecule has 5 nitrogen and oxygen atoms in total. The van der Waals surface area contributed by atoms with E-state index in [4.69, 9.17) is 14.9 Å². The van der Waals surface area contributed by atoms with Crippen molar-refractivity contribution in [1.29, 1.82) is 5.26 Å². The zero-order valence-corrected chi connectivity index (χ0v) is 13.4. The molecule has 0 bridgehead atoms. The Balaban J connectivity index is 1.78. The number of Topliss-reactive ketones (excluding diaryl/α,β-unsaturated/α-hetero) is 1. The lowest BCUT2D eigenvalue weighted by atomic mass is 9.75. The van der Waals surface area contributed by atoms with Crippen LogP contribution in [0.25, 0.3) is 0 Å². The summed E-state index contributed by atoms with van der Waals surface area (Å²) < 4.78 is 11.2. The smallest absolute Gasteiger partial charge is 0.205 e. The van der Waals surface area contributed by atoms with Crippen LogP contribution in [0, 0.1) is 11.3 Å². The van der Waals surface area contributed by atoms with Gasteiger partial charge in [0.25, 0.3) is 0 Å². The van der Waals surface area contributed by atoms with Crippen LogP contribution >= 0.6 is 0 Å². The third-order valence-corrected chi connectivity index (χ3v) is 4.76. The van der Waals surface area contributed by atoms with Crippen LogP contribution in [0.3, 0.4) is 0 Å². The van der Waals surface area contributed by atoms with Gasteiger partial charge in [0.05, 0.1) is 12.2 Å². The van der Waals surface area contributed by atoms with E-state index in [1.54, 1.807) is 12.1 Å². The summed E-state index contributed by atoms with van der Waals surface area (Å²) >= 11 is 0. The van der Waals surface area contributed by atoms with Crippen LogP contribution < -0.4 is 5.73 Å². The largest absolute Gasteiger partial charge is 0.468 e. The Bertz CT molecular complexity index is 918. The zero-order chi connectivity index (χ0) is 17.4. The number of carbonyl (C=O) groups is 1. The summed E-state index contributed by atoms with van der Waals surface area (Å²) in [7, 11) is 0. The Kier molecular flexibility index (Phi) is 3.66. The molecule has 1 aromatic heterocycles. The van der Waals surface area contributed by atoms with Gasteiger partial charge in [-0.3, -0.25) is 4.79 Å². The second-order valence-electron chi connectivity index (χ2n) is 6.22. The van der Waals surface area contributed by atoms with Crippen molar-refractivity contribution in [3.05, 3.63) is 82.8 Å². The van der Waals surface area contributed by atoms with E-state index in [9.17, 15) is 10.1 Å². The molecule has 0 fully saturated rings. The van der Waals surface area contributed by atoms with Crippen LogP contribution in [0.15, 0.2) is 75.9 Å². The van der Waals surface area contributed by atoms with Gasteiger partial charge < -0.3 is 14.9 Å². The van der Waals surface area contributed by atoms with Crippen molar-refractivity contribution in [1.82, 2.24) is 0 Å².